The molecule has 2 N–H and O–H groups in total. The molecule has 94 valence electrons. The first-order chi connectivity index (χ1) is 7.99. The average Bonchev–Trinajstić information content (AvgIpc) is 2.30. The summed E-state index contributed by atoms with van der Waals surface area (Å²) in [5.74, 6) is -0.0725. The van der Waals surface area contributed by atoms with Crippen LogP contribution in [0.15, 0.2) is 29.2 Å². The highest BCUT2D eigenvalue weighted by atomic mass is 32.2. The highest BCUT2D eigenvalue weighted by Crippen LogP contribution is 2.13. The van der Waals surface area contributed by atoms with Crippen molar-refractivity contribution in [2.45, 2.75) is 24.7 Å². The molecule has 0 heterocycles. The number of carbonyl (C=O) groups excluding carboxylic acids is 1. The Kier molecular flexibility index (Phi) is 4.65. The fraction of sp³-hybridized carbons (Fsp3) is 0.364. The summed E-state index contributed by atoms with van der Waals surface area (Å²) in [5, 5.41) is 2.69. The summed E-state index contributed by atoms with van der Waals surface area (Å²) in [6, 6.07) is 6.04. The molecular formula is C11H16N2O3S. The van der Waals surface area contributed by atoms with Gasteiger partial charge in [-0.05, 0) is 37.7 Å². The predicted molar refractivity (Wildman–Crippen MR) is 66.2 cm³/mol. The van der Waals surface area contributed by atoms with E-state index >= 15 is 0 Å². The van der Waals surface area contributed by atoms with Crippen molar-refractivity contribution in [3.63, 3.8) is 0 Å². The molecule has 0 unspecified atom stereocenters. The van der Waals surface area contributed by atoms with E-state index in [4.69, 9.17) is 0 Å². The molecule has 0 saturated heterocycles. The van der Waals surface area contributed by atoms with E-state index in [1.807, 2.05) is 6.92 Å². The Morgan fingerprint density at radius 1 is 1.24 bits per heavy atom. The van der Waals surface area contributed by atoms with E-state index < -0.39 is 10.0 Å². The molecule has 0 aromatic heterocycles. The number of hydrogen-bond donors (Lipinski definition) is 2. The number of benzene rings is 1. The first-order valence-electron chi connectivity index (χ1n) is 5.33. The largest absolute Gasteiger partial charge is 0.326 e. The van der Waals surface area contributed by atoms with Crippen molar-refractivity contribution >= 4 is 21.6 Å². The quantitative estimate of drug-likeness (QED) is 0.834. The van der Waals surface area contributed by atoms with Crippen molar-refractivity contribution in [2.24, 2.45) is 0 Å². The SMILES string of the molecule is CCCC(=O)Nc1ccc(S(=O)(=O)NC)cc1. The first kappa shape index (κ1) is 13.7. The summed E-state index contributed by atoms with van der Waals surface area (Å²) >= 11 is 0. The van der Waals surface area contributed by atoms with E-state index in [9.17, 15) is 13.2 Å². The maximum absolute atomic E-state index is 11.4. The molecule has 0 atom stereocenters. The molecule has 17 heavy (non-hydrogen) atoms. The Hall–Kier alpha value is -1.40. The summed E-state index contributed by atoms with van der Waals surface area (Å²) in [6.45, 7) is 1.92. The zero-order chi connectivity index (χ0) is 12.9. The zero-order valence-electron chi connectivity index (χ0n) is 9.86. The summed E-state index contributed by atoms with van der Waals surface area (Å²) in [4.78, 5) is 11.5. The maximum Gasteiger partial charge on any atom is 0.240 e. The van der Waals surface area contributed by atoms with Gasteiger partial charge in [-0.2, -0.15) is 0 Å². The van der Waals surface area contributed by atoms with Gasteiger partial charge in [0.25, 0.3) is 0 Å². The van der Waals surface area contributed by atoms with Crippen molar-refractivity contribution < 1.29 is 13.2 Å². The van der Waals surface area contributed by atoms with E-state index in [2.05, 4.69) is 10.0 Å². The molecule has 5 nitrogen and oxygen atoms in total. The second-order valence-electron chi connectivity index (χ2n) is 3.53. The van der Waals surface area contributed by atoms with Crippen molar-refractivity contribution in [2.75, 3.05) is 12.4 Å². The number of amides is 1. The third kappa shape index (κ3) is 3.83. The summed E-state index contributed by atoms with van der Waals surface area (Å²) in [5.41, 5.74) is 0.596. The van der Waals surface area contributed by atoms with Gasteiger partial charge in [0.05, 0.1) is 4.90 Å². The van der Waals surface area contributed by atoms with Gasteiger partial charge in [-0.15, -0.1) is 0 Å². The Morgan fingerprint density at radius 3 is 2.29 bits per heavy atom. The average molecular weight is 256 g/mol. The molecule has 6 heteroatoms. The van der Waals surface area contributed by atoms with Crippen LogP contribution in [0.4, 0.5) is 5.69 Å². The molecule has 1 aromatic carbocycles. The van der Waals surface area contributed by atoms with Gasteiger partial charge >= 0.3 is 0 Å². The molecule has 0 saturated carbocycles. The van der Waals surface area contributed by atoms with E-state index in [0.29, 0.717) is 12.1 Å². The molecule has 0 radical (unpaired) electrons. The Balaban J connectivity index is 2.79. The number of carbonyl (C=O) groups is 1. The lowest BCUT2D eigenvalue weighted by Gasteiger charge is -2.06. The molecule has 0 aliphatic carbocycles. The van der Waals surface area contributed by atoms with E-state index in [-0.39, 0.29) is 10.8 Å². The second-order valence-corrected chi connectivity index (χ2v) is 5.42. The van der Waals surface area contributed by atoms with Crippen LogP contribution in [-0.2, 0) is 14.8 Å². The molecule has 0 aliphatic heterocycles. The summed E-state index contributed by atoms with van der Waals surface area (Å²) in [7, 11) is -2.06. The molecule has 0 aliphatic rings. The zero-order valence-corrected chi connectivity index (χ0v) is 10.7. The molecule has 1 aromatic rings. The number of rotatable bonds is 5. The monoisotopic (exact) mass is 256 g/mol. The van der Waals surface area contributed by atoms with Gasteiger partial charge < -0.3 is 5.32 Å². The second kappa shape index (κ2) is 5.79. The van der Waals surface area contributed by atoms with Crippen molar-refractivity contribution in [1.29, 1.82) is 0 Å². The highest BCUT2D eigenvalue weighted by Gasteiger charge is 2.10. The first-order valence-corrected chi connectivity index (χ1v) is 6.81. The van der Waals surface area contributed by atoms with Gasteiger partial charge in [-0.1, -0.05) is 6.92 Å². The Morgan fingerprint density at radius 2 is 1.82 bits per heavy atom. The van der Waals surface area contributed by atoms with Crippen LogP contribution in [0.25, 0.3) is 0 Å². The maximum atomic E-state index is 11.4. The third-order valence-electron chi connectivity index (χ3n) is 2.19. The number of anilines is 1. The minimum Gasteiger partial charge on any atom is -0.326 e. The van der Waals surface area contributed by atoms with Gasteiger partial charge in [0, 0.05) is 12.1 Å². The number of nitrogens with one attached hydrogen (secondary N) is 2. The van der Waals surface area contributed by atoms with Gasteiger partial charge in [0.1, 0.15) is 0 Å². The number of sulfonamides is 1. The van der Waals surface area contributed by atoms with Gasteiger partial charge in [-0.3, -0.25) is 4.79 Å². The fourth-order valence-electron chi connectivity index (χ4n) is 1.29. The Labute approximate surface area is 101 Å². The topological polar surface area (TPSA) is 75.3 Å². The molecule has 0 spiro atoms. The van der Waals surface area contributed by atoms with Crippen molar-refractivity contribution in [3.05, 3.63) is 24.3 Å². The minimum atomic E-state index is -3.42. The van der Waals surface area contributed by atoms with Crippen LogP contribution in [-0.4, -0.2) is 21.4 Å². The Bertz CT molecular complexity index is 480. The standard InChI is InChI=1S/C11H16N2O3S/c1-3-4-11(14)13-9-5-7-10(8-6-9)17(15,16)12-2/h5-8,12H,3-4H2,1-2H3,(H,13,14). The van der Waals surface area contributed by atoms with Crippen LogP contribution in [0.1, 0.15) is 19.8 Å². The predicted octanol–water partition coefficient (Wildman–Crippen LogP) is 1.33. The van der Waals surface area contributed by atoms with Crippen LogP contribution in [0.2, 0.25) is 0 Å². The van der Waals surface area contributed by atoms with Crippen LogP contribution >= 0.6 is 0 Å². The summed E-state index contributed by atoms with van der Waals surface area (Å²) < 4.78 is 25.1. The van der Waals surface area contributed by atoms with Crippen LogP contribution in [0.3, 0.4) is 0 Å². The normalized spacial score (nSPS) is 11.2. The van der Waals surface area contributed by atoms with E-state index in [0.717, 1.165) is 6.42 Å². The lowest BCUT2D eigenvalue weighted by atomic mass is 10.3. The third-order valence-corrected chi connectivity index (χ3v) is 3.62. The molecule has 1 amide bonds. The smallest absolute Gasteiger partial charge is 0.240 e. The molecule has 1 rings (SSSR count). The van der Waals surface area contributed by atoms with Crippen LogP contribution in [0.5, 0.6) is 0 Å². The van der Waals surface area contributed by atoms with Crippen molar-refractivity contribution in [1.82, 2.24) is 4.72 Å². The van der Waals surface area contributed by atoms with Gasteiger partial charge in [-0.25, -0.2) is 13.1 Å². The van der Waals surface area contributed by atoms with Crippen LogP contribution < -0.4 is 10.0 Å². The fourth-order valence-corrected chi connectivity index (χ4v) is 2.02. The van der Waals surface area contributed by atoms with E-state index in [1.54, 1.807) is 12.1 Å². The van der Waals surface area contributed by atoms with Crippen LogP contribution in [0, 0.1) is 0 Å². The molecule has 0 fully saturated rings. The highest BCUT2D eigenvalue weighted by molar-refractivity contribution is 7.89. The van der Waals surface area contributed by atoms with Crippen molar-refractivity contribution in [3.8, 4) is 0 Å². The van der Waals surface area contributed by atoms with E-state index in [1.165, 1.54) is 19.2 Å². The molecular weight excluding hydrogens is 240 g/mol. The van der Waals surface area contributed by atoms with Gasteiger partial charge in [0.15, 0.2) is 0 Å². The minimum absolute atomic E-state index is 0.0725. The van der Waals surface area contributed by atoms with Gasteiger partial charge in [0.2, 0.25) is 15.9 Å². The lowest BCUT2D eigenvalue weighted by molar-refractivity contribution is -0.116. The molecule has 0 bridgehead atoms. The summed E-state index contributed by atoms with van der Waals surface area (Å²) in [6.07, 6.45) is 1.23. The lowest BCUT2D eigenvalue weighted by Crippen LogP contribution is -2.18. The number of hydrogen-bond acceptors (Lipinski definition) is 3.